The van der Waals surface area contributed by atoms with Gasteiger partial charge in [0.25, 0.3) is 0 Å². The average molecular weight is 203 g/mol. The molecule has 1 aromatic heterocycles. The maximum atomic E-state index is 10.9. The second kappa shape index (κ2) is 3.88. The van der Waals surface area contributed by atoms with E-state index in [1.54, 1.807) is 12.1 Å². The maximum Gasteiger partial charge on any atom is 0.417 e. The van der Waals surface area contributed by atoms with Crippen molar-refractivity contribution in [3.63, 3.8) is 0 Å². The van der Waals surface area contributed by atoms with E-state index in [4.69, 9.17) is 9.68 Å². The molecular weight excluding hydrogens is 194 g/mol. The SMILES string of the molecule is N#CCCNc1ccc2[nH]c(=O)oc2c1. The van der Waals surface area contributed by atoms with Gasteiger partial charge in [0.2, 0.25) is 0 Å². The molecule has 15 heavy (non-hydrogen) atoms. The van der Waals surface area contributed by atoms with Crippen LogP contribution in [0.2, 0.25) is 0 Å². The first kappa shape index (κ1) is 9.34. The number of aromatic nitrogens is 1. The molecule has 5 nitrogen and oxygen atoms in total. The number of nitrogens with zero attached hydrogens (tertiary/aromatic N) is 1. The van der Waals surface area contributed by atoms with Crippen molar-refractivity contribution in [2.24, 2.45) is 0 Å². The molecule has 0 saturated carbocycles. The monoisotopic (exact) mass is 203 g/mol. The van der Waals surface area contributed by atoms with Crippen LogP contribution >= 0.6 is 0 Å². The van der Waals surface area contributed by atoms with Gasteiger partial charge in [-0.3, -0.25) is 4.98 Å². The fourth-order valence-corrected chi connectivity index (χ4v) is 1.32. The third-order valence-corrected chi connectivity index (χ3v) is 1.99. The summed E-state index contributed by atoms with van der Waals surface area (Å²) >= 11 is 0. The first-order chi connectivity index (χ1) is 7.29. The summed E-state index contributed by atoms with van der Waals surface area (Å²) in [5, 5.41) is 11.4. The van der Waals surface area contributed by atoms with Crippen molar-refractivity contribution in [1.29, 1.82) is 5.26 Å². The van der Waals surface area contributed by atoms with Crippen LogP contribution < -0.4 is 11.1 Å². The van der Waals surface area contributed by atoms with Gasteiger partial charge >= 0.3 is 5.76 Å². The molecule has 0 amide bonds. The minimum atomic E-state index is -0.459. The number of fused-ring (bicyclic) bond motifs is 1. The lowest BCUT2D eigenvalue weighted by Gasteiger charge is -2.01. The second-order valence-electron chi connectivity index (χ2n) is 3.06. The van der Waals surface area contributed by atoms with Gasteiger partial charge in [0.05, 0.1) is 18.0 Å². The van der Waals surface area contributed by atoms with Gasteiger partial charge in [0.1, 0.15) is 0 Å². The largest absolute Gasteiger partial charge is 0.417 e. The zero-order chi connectivity index (χ0) is 10.7. The number of H-pyrrole nitrogens is 1. The number of hydrogen-bond acceptors (Lipinski definition) is 4. The predicted octanol–water partition coefficient (Wildman–Crippen LogP) is 1.45. The van der Waals surface area contributed by atoms with Crippen LogP contribution in [0, 0.1) is 11.3 Å². The van der Waals surface area contributed by atoms with Crippen LogP contribution in [0.15, 0.2) is 27.4 Å². The molecular formula is C10H9N3O2. The molecule has 2 aromatic rings. The molecule has 2 rings (SSSR count). The highest BCUT2D eigenvalue weighted by Crippen LogP contribution is 2.15. The number of aromatic amines is 1. The van der Waals surface area contributed by atoms with Crippen LogP contribution in [0.1, 0.15) is 6.42 Å². The maximum absolute atomic E-state index is 10.9. The highest BCUT2D eigenvalue weighted by molar-refractivity contribution is 5.76. The van der Waals surface area contributed by atoms with Gasteiger partial charge in [-0.15, -0.1) is 0 Å². The van der Waals surface area contributed by atoms with E-state index in [1.165, 1.54) is 0 Å². The molecule has 0 atom stereocenters. The van der Waals surface area contributed by atoms with Gasteiger partial charge in [-0.05, 0) is 12.1 Å². The summed E-state index contributed by atoms with van der Waals surface area (Å²) in [7, 11) is 0. The standard InChI is InChI=1S/C10H9N3O2/c11-4-1-5-12-7-2-3-8-9(6-7)15-10(14)13-8/h2-3,6,12H,1,5H2,(H,13,14). The molecule has 2 N–H and O–H groups in total. The molecule has 0 aliphatic heterocycles. The molecule has 0 radical (unpaired) electrons. The molecule has 0 aliphatic carbocycles. The Kier molecular flexibility index (Phi) is 2.42. The van der Waals surface area contributed by atoms with Crippen molar-refractivity contribution in [3.8, 4) is 6.07 Å². The summed E-state index contributed by atoms with van der Waals surface area (Å²) in [6, 6.07) is 7.35. The third-order valence-electron chi connectivity index (χ3n) is 1.99. The van der Waals surface area contributed by atoms with Gasteiger partial charge in [-0.1, -0.05) is 0 Å². The second-order valence-corrected chi connectivity index (χ2v) is 3.06. The number of nitrogens with one attached hydrogen (secondary N) is 2. The van der Waals surface area contributed by atoms with Crippen molar-refractivity contribution < 1.29 is 4.42 Å². The predicted molar refractivity (Wildman–Crippen MR) is 55.6 cm³/mol. The fourth-order valence-electron chi connectivity index (χ4n) is 1.32. The zero-order valence-electron chi connectivity index (χ0n) is 7.91. The van der Waals surface area contributed by atoms with Gasteiger partial charge in [0.15, 0.2) is 5.58 Å². The molecule has 1 aromatic carbocycles. The van der Waals surface area contributed by atoms with Crippen LogP contribution in [0.25, 0.3) is 11.1 Å². The summed E-state index contributed by atoms with van der Waals surface area (Å²) in [6.07, 6.45) is 0.440. The van der Waals surface area contributed by atoms with Crippen LogP contribution in [0.5, 0.6) is 0 Å². The van der Waals surface area contributed by atoms with Crippen molar-refractivity contribution in [1.82, 2.24) is 4.98 Å². The van der Waals surface area contributed by atoms with E-state index in [0.717, 1.165) is 5.69 Å². The summed E-state index contributed by atoms with van der Waals surface area (Å²) in [5.41, 5.74) is 2.02. The van der Waals surface area contributed by atoms with E-state index >= 15 is 0 Å². The smallest absolute Gasteiger partial charge is 0.408 e. The number of nitriles is 1. The molecule has 76 valence electrons. The molecule has 0 saturated heterocycles. The summed E-state index contributed by atoms with van der Waals surface area (Å²) in [5.74, 6) is -0.459. The lowest BCUT2D eigenvalue weighted by atomic mass is 10.3. The number of hydrogen-bond donors (Lipinski definition) is 2. The number of benzene rings is 1. The number of oxazole rings is 1. The normalized spacial score (nSPS) is 10.1. The van der Waals surface area contributed by atoms with Crippen molar-refractivity contribution in [3.05, 3.63) is 28.7 Å². The van der Waals surface area contributed by atoms with Gasteiger partial charge in [0, 0.05) is 18.3 Å². The minimum absolute atomic E-state index is 0.440. The molecule has 0 spiro atoms. The Labute approximate surface area is 85.3 Å². The Morgan fingerprint density at radius 1 is 1.53 bits per heavy atom. The number of anilines is 1. The molecule has 1 heterocycles. The molecule has 0 unspecified atom stereocenters. The quantitative estimate of drug-likeness (QED) is 0.739. The Morgan fingerprint density at radius 2 is 2.40 bits per heavy atom. The van der Waals surface area contributed by atoms with Gasteiger partial charge < -0.3 is 9.73 Å². The van der Waals surface area contributed by atoms with Crippen molar-refractivity contribution in [2.75, 3.05) is 11.9 Å². The molecule has 0 aliphatic rings. The Balaban J connectivity index is 2.23. The van der Waals surface area contributed by atoms with E-state index in [0.29, 0.717) is 24.1 Å². The first-order valence-corrected chi connectivity index (χ1v) is 4.53. The Morgan fingerprint density at radius 3 is 3.20 bits per heavy atom. The van der Waals surface area contributed by atoms with E-state index < -0.39 is 5.76 Å². The molecule has 0 bridgehead atoms. The fraction of sp³-hybridized carbons (Fsp3) is 0.200. The third kappa shape index (κ3) is 1.99. The Hall–Kier alpha value is -2.22. The van der Waals surface area contributed by atoms with Crippen LogP contribution in [0.4, 0.5) is 5.69 Å². The zero-order valence-corrected chi connectivity index (χ0v) is 7.91. The first-order valence-electron chi connectivity index (χ1n) is 4.53. The number of rotatable bonds is 3. The van der Waals surface area contributed by atoms with E-state index in [9.17, 15) is 4.79 Å². The highest BCUT2D eigenvalue weighted by atomic mass is 16.4. The molecule has 0 fully saturated rings. The van der Waals surface area contributed by atoms with Crippen molar-refractivity contribution in [2.45, 2.75) is 6.42 Å². The van der Waals surface area contributed by atoms with E-state index in [1.807, 2.05) is 12.1 Å². The minimum Gasteiger partial charge on any atom is -0.408 e. The average Bonchev–Trinajstić information content (AvgIpc) is 2.57. The summed E-state index contributed by atoms with van der Waals surface area (Å²) in [6.45, 7) is 0.580. The highest BCUT2D eigenvalue weighted by Gasteiger charge is 2.01. The lowest BCUT2D eigenvalue weighted by Crippen LogP contribution is -1.99. The topological polar surface area (TPSA) is 81.8 Å². The summed E-state index contributed by atoms with van der Waals surface area (Å²) < 4.78 is 4.90. The van der Waals surface area contributed by atoms with Gasteiger partial charge in [-0.25, -0.2) is 4.79 Å². The summed E-state index contributed by atoms with van der Waals surface area (Å²) in [4.78, 5) is 13.4. The van der Waals surface area contributed by atoms with Crippen molar-refractivity contribution >= 4 is 16.8 Å². The molecule has 5 heteroatoms. The van der Waals surface area contributed by atoms with E-state index in [-0.39, 0.29) is 0 Å². The Bertz CT molecular complexity index is 562. The van der Waals surface area contributed by atoms with Crippen LogP contribution in [-0.2, 0) is 0 Å². The van der Waals surface area contributed by atoms with Crippen LogP contribution in [0.3, 0.4) is 0 Å². The van der Waals surface area contributed by atoms with Gasteiger partial charge in [-0.2, -0.15) is 5.26 Å². The van der Waals surface area contributed by atoms with E-state index in [2.05, 4.69) is 10.3 Å². The van der Waals surface area contributed by atoms with Crippen LogP contribution in [-0.4, -0.2) is 11.5 Å². The lowest BCUT2D eigenvalue weighted by molar-refractivity contribution is 0.555.